The Hall–Kier alpha value is -1.98. The first-order valence-electron chi connectivity index (χ1n) is 6.29. The van der Waals surface area contributed by atoms with Gasteiger partial charge in [-0.25, -0.2) is 8.78 Å². The third-order valence-corrected chi connectivity index (χ3v) is 4.41. The summed E-state index contributed by atoms with van der Waals surface area (Å²) in [7, 11) is 1.46. The van der Waals surface area contributed by atoms with Crippen molar-refractivity contribution in [1.82, 2.24) is 0 Å². The first-order chi connectivity index (χ1) is 10.1. The topological polar surface area (TPSA) is 29.5 Å². The molecule has 3 rings (SSSR count). The van der Waals surface area contributed by atoms with Crippen molar-refractivity contribution in [2.24, 2.45) is 0 Å². The number of rotatable bonds is 3. The van der Waals surface area contributed by atoms with E-state index in [1.165, 1.54) is 48.8 Å². The summed E-state index contributed by atoms with van der Waals surface area (Å²) in [6.45, 7) is 0. The molecule has 0 fully saturated rings. The van der Waals surface area contributed by atoms with Crippen molar-refractivity contribution in [1.29, 1.82) is 0 Å². The van der Waals surface area contributed by atoms with Gasteiger partial charge in [0.15, 0.2) is 0 Å². The van der Waals surface area contributed by atoms with Gasteiger partial charge in [-0.2, -0.15) is 0 Å². The average Bonchev–Trinajstić information content (AvgIpc) is 2.89. The Morgan fingerprint density at radius 3 is 2.52 bits per heavy atom. The van der Waals surface area contributed by atoms with Gasteiger partial charge in [0.1, 0.15) is 23.5 Å². The molecule has 108 valence electrons. The van der Waals surface area contributed by atoms with Gasteiger partial charge < -0.3 is 9.84 Å². The lowest BCUT2D eigenvalue weighted by Crippen LogP contribution is -2.01. The summed E-state index contributed by atoms with van der Waals surface area (Å²) in [6, 6.07) is 10.2. The summed E-state index contributed by atoms with van der Waals surface area (Å²) in [4.78, 5) is 0.611. The van der Waals surface area contributed by atoms with E-state index in [0.717, 1.165) is 10.1 Å². The van der Waals surface area contributed by atoms with Gasteiger partial charge in [-0.15, -0.1) is 11.3 Å². The molecule has 2 aromatic carbocycles. The monoisotopic (exact) mass is 306 g/mol. The lowest BCUT2D eigenvalue weighted by molar-refractivity contribution is 0.218. The fraction of sp³-hybridized carbons (Fsp3) is 0.125. The molecule has 1 N–H and O–H groups in total. The molecular formula is C16H12F2O2S. The van der Waals surface area contributed by atoms with E-state index in [2.05, 4.69) is 0 Å². The summed E-state index contributed by atoms with van der Waals surface area (Å²) in [5.74, 6) is -0.363. The van der Waals surface area contributed by atoms with Crippen LogP contribution in [0.15, 0.2) is 42.5 Å². The molecule has 1 aromatic heterocycles. The number of aliphatic hydroxyl groups is 1. The van der Waals surface area contributed by atoms with Crippen molar-refractivity contribution in [3.05, 3.63) is 64.5 Å². The van der Waals surface area contributed by atoms with Crippen LogP contribution in [-0.2, 0) is 0 Å². The largest absolute Gasteiger partial charge is 0.496 e. The van der Waals surface area contributed by atoms with Crippen molar-refractivity contribution < 1.29 is 18.6 Å². The molecular weight excluding hydrogens is 294 g/mol. The van der Waals surface area contributed by atoms with E-state index in [1.54, 1.807) is 12.1 Å². The molecule has 1 atom stereocenters. The molecule has 3 aromatic rings. The Bertz CT molecular complexity index is 798. The van der Waals surface area contributed by atoms with Gasteiger partial charge in [-0.3, -0.25) is 0 Å². The number of ether oxygens (including phenoxy) is 1. The Balaban J connectivity index is 2.07. The first kappa shape index (κ1) is 14.0. The average molecular weight is 306 g/mol. The zero-order valence-corrected chi connectivity index (χ0v) is 12.0. The second-order valence-electron chi connectivity index (χ2n) is 4.62. The minimum Gasteiger partial charge on any atom is -0.496 e. The summed E-state index contributed by atoms with van der Waals surface area (Å²) in [5, 5.41) is 11.3. The van der Waals surface area contributed by atoms with Gasteiger partial charge in [0.05, 0.1) is 7.11 Å². The van der Waals surface area contributed by atoms with Crippen molar-refractivity contribution >= 4 is 21.4 Å². The zero-order chi connectivity index (χ0) is 15.0. The maximum atomic E-state index is 13.4. The lowest BCUT2D eigenvalue weighted by atomic mass is 10.1. The summed E-state index contributed by atoms with van der Waals surface area (Å²) in [6.07, 6.45) is -1.02. The molecule has 2 nitrogen and oxygen atoms in total. The van der Waals surface area contributed by atoms with Crippen LogP contribution in [0.2, 0.25) is 0 Å². The molecule has 0 spiro atoms. The molecule has 0 radical (unpaired) electrons. The van der Waals surface area contributed by atoms with Gasteiger partial charge in [0.25, 0.3) is 0 Å². The molecule has 0 aliphatic carbocycles. The molecule has 1 heterocycles. The van der Waals surface area contributed by atoms with E-state index in [9.17, 15) is 13.9 Å². The van der Waals surface area contributed by atoms with E-state index >= 15 is 0 Å². The van der Waals surface area contributed by atoms with Crippen LogP contribution in [0.1, 0.15) is 16.5 Å². The van der Waals surface area contributed by atoms with Crippen molar-refractivity contribution in [3.8, 4) is 5.75 Å². The second kappa shape index (κ2) is 5.42. The SMILES string of the molecule is COc1ccc(F)cc1C(O)c1cc2ccc(F)cc2s1. The normalized spacial score (nSPS) is 12.6. The highest BCUT2D eigenvalue weighted by atomic mass is 32.1. The predicted molar refractivity (Wildman–Crippen MR) is 78.8 cm³/mol. The van der Waals surface area contributed by atoms with E-state index in [1.807, 2.05) is 0 Å². The molecule has 1 unspecified atom stereocenters. The van der Waals surface area contributed by atoms with Crippen LogP contribution < -0.4 is 4.74 Å². The van der Waals surface area contributed by atoms with Gasteiger partial charge >= 0.3 is 0 Å². The molecule has 0 aliphatic heterocycles. The third kappa shape index (κ3) is 2.62. The Kier molecular flexibility index (Phi) is 3.61. The van der Waals surface area contributed by atoms with Crippen LogP contribution in [0.5, 0.6) is 5.75 Å². The number of fused-ring (bicyclic) bond motifs is 1. The molecule has 0 amide bonds. The zero-order valence-electron chi connectivity index (χ0n) is 11.1. The Morgan fingerprint density at radius 2 is 1.76 bits per heavy atom. The van der Waals surface area contributed by atoms with Crippen LogP contribution in [0.3, 0.4) is 0 Å². The number of benzene rings is 2. The number of thiophene rings is 1. The lowest BCUT2D eigenvalue weighted by Gasteiger charge is -2.13. The van der Waals surface area contributed by atoms with Crippen molar-refractivity contribution in [3.63, 3.8) is 0 Å². The summed E-state index contributed by atoms with van der Waals surface area (Å²) in [5.41, 5.74) is 0.351. The third-order valence-electron chi connectivity index (χ3n) is 3.26. The highest BCUT2D eigenvalue weighted by Crippen LogP contribution is 2.36. The Morgan fingerprint density at radius 1 is 1.05 bits per heavy atom. The number of hydrogen-bond acceptors (Lipinski definition) is 3. The first-order valence-corrected chi connectivity index (χ1v) is 7.10. The van der Waals surface area contributed by atoms with E-state index in [-0.39, 0.29) is 5.82 Å². The molecule has 21 heavy (non-hydrogen) atoms. The standard InChI is InChI=1S/C16H12F2O2S/c1-20-13-5-4-10(17)7-12(13)16(19)15-6-9-2-3-11(18)8-14(9)21-15/h2-8,16,19H,1H3. The maximum Gasteiger partial charge on any atom is 0.125 e. The van der Waals surface area contributed by atoms with Crippen molar-refractivity contribution in [2.45, 2.75) is 6.10 Å². The Labute approximate surface area is 124 Å². The van der Waals surface area contributed by atoms with E-state index < -0.39 is 11.9 Å². The van der Waals surface area contributed by atoms with Crippen molar-refractivity contribution in [2.75, 3.05) is 7.11 Å². The molecule has 0 saturated carbocycles. The minimum absolute atomic E-state index is 0.325. The van der Waals surface area contributed by atoms with E-state index in [0.29, 0.717) is 16.2 Å². The van der Waals surface area contributed by atoms with Gasteiger partial charge in [0.2, 0.25) is 0 Å². The van der Waals surface area contributed by atoms with Gasteiger partial charge in [-0.05, 0) is 41.8 Å². The predicted octanol–water partition coefficient (Wildman–Crippen LogP) is 4.27. The van der Waals surface area contributed by atoms with Crippen LogP contribution >= 0.6 is 11.3 Å². The molecule has 0 saturated heterocycles. The van der Waals surface area contributed by atoms with Gasteiger partial charge in [0, 0.05) is 15.1 Å². The summed E-state index contributed by atoms with van der Waals surface area (Å²) < 4.78 is 32.5. The molecule has 5 heteroatoms. The maximum absolute atomic E-state index is 13.4. The van der Waals surface area contributed by atoms with Crippen LogP contribution in [0, 0.1) is 11.6 Å². The van der Waals surface area contributed by atoms with Crippen LogP contribution in [-0.4, -0.2) is 12.2 Å². The molecule has 0 aliphatic rings. The number of aliphatic hydroxyl groups excluding tert-OH is 1. The van der Waals surface area contributed by atoms with Gasteiger partial charge in [-0.1, -0.05) is 6.07 Å². The minimum atomic E-state index is -1.02. The molecule has 0 bridgehead atoms. The second-order valence-corrected chi connectivity index (χ2v) is 5.74. The number of halogens is 2. The summed E-state index contributed by atoms with van der Waals surface area (Å²) >= 11 is 1.27. The quantitative estimate of drug-likeness (QED) is 0.783. The smallest absolute Gasteiger partial charge is 0.125 e. The highest BCUT2D eigenvalue weighted by Gasteiger charge is 2.19. The number of methoxy groups -OCH3 is 1. The fourth-order valence-electron chi connectivity index (χ4n) is 2.23. The fourth-order valence-corrected chi connectivity index (χ4v) is 3.33. The highest BCUT2D eigenvalue weighted by molar-refractivity contribution is 7.19. The number of hydrogen-bond donors (Lipinski definition) is 1. The van der Waals surface area contributed by atoms with E-state index in [4.69, 9.17) is 4.74 Å². The van der Waals surface area contributed by atoms with Crippen LogP contribution in [0.25, 0.3) is 10.1 Å². The van der Waals surface area contributed by atoms with Crippen LogP contribution in [0.4, 0.5) is 8.78 Å².